The van der Waals surface area contributed by atoms with Gasteiger partial charge in [0, 0.05) is 17.1 Å². The molecule has 1 amide bonds. The van der Waals surface area contributed by atoms with Crippen LogP contribution in [-0.4, -0.2) is 42.9 Å². The third kappa shape index (κ3) is 3.02. The number of rotatable bonds is 3. The standard InChI is InChI=1S/C12H11Cl2NO3/c13-8-1-2-10(14)9(5-8)11(16)6-15-3-4-18-7-12(15)17/h1-2,5H,3-4,6-7H2. The van der Waals surface area contributed by atoms with Gasteiger partial charge in [0.2, 0.25) is 5.91 Å². The van der Waals surface area contributed by atoms with E-state index in [2.05, 4.69) is 0 Å². The Kier molecular flexibility index (Phi) is 4.22. The van der Waals surface area contributed by atoms with Crippen molar-refractivity contribution in [3.8, 4) is 0 Å². The second-order valence-electron chi connectivity index (χ2n) is 3.92. The highest BCUT2D eigenvalue weighted by molar-refractivity contribution is 6.36. The largest absolute Gasteiger partial charge is 0.370 e. The number of morpholine rings is 1. The summed E-state index contributed by atoms with van der Waals surface area (Å²) in [5.41, 5.74) is 0.337. The lowest BCUT2D eigenvalue weighted by atomic mass is 10.1. The molecule has 1 saturated heterocycles. The van der Waals surface area contributed by atoms with Gasteiger partial charge in [-0.05, 0) is 18.2 Å². The lowest BCUT2D eigenvalue weighted by Crippen LogP contribution is -2.44. The number of amides is 1. The lowest BCUT2D eigenvalue weighted by Gasteiger charge is -2.26. The van der Waals surface area contributed by atoms with Gasteiger partial charge in [0.25, 0.3) is 0 Å². The molecule has 0 unspecified atom stereocenters. The van der Waals surface area contributed by atoms with Crippen molar-refractivity contribution in [3.63, 3.8) is 0 Å². The maximum Gasteiger partial charge on any atom is 0.249 e. The minimum absolute atomic E-state index is 0.00224. The Morgan fingerprint density at radius 1 is 1.39 bits per heavy atom. The molecule has 1 aromatic rings. The number of ether oxygens (including phenoxy) is 1. The molecule has 0 saturated carbocycles. The topological polar surface area (TPSA) is 46.6 Å². The molecule has 0 aromatic heterocycles. The number of halogens is 2. The summed E-state index contributed by atoms with van der Waals surface area (Å²) in [6, 6.07) is 4.69. The van der Waals surface area contributed by atoms with Gasteiger partial charge in [-0.2, -0.15) is 0 Å². The highest BCUT2D eigenvalue weighted by Crippen LogP contribution is 2.21. The van der Waals surface area contributed by atoms with Crippen LogP contribution < -0.4 is 0 Å². The van der Waals surface area contributed by atoms with E-state index in [1.807, 2.05) is 0 Å². The normalized spacial score (nSPS) is 15.9. The summed E-state index contributed by atoms with van der Waals surface area (Å²) in [4.78, 5) is 25.0. The smallest absolute Gasteiger partial charge is 0.249 e. The van der Waals surface area contributed by atoms with Gasteiger partial charge in [0.05, 0.1) is 18.2 Å². The molecule has 1 aliphatic heterocycles. The first-order valence-corrected chi connectivity index (χ1v) is 6.17. The maximum atomic E-state index is 12.1. The molecule has 0 bridgehead atoms. The number of hydrogen-bond acceptors (Lipinski definition) is 3. The Hall–Kier alpha value is -1.10. The average molecular weight is 288 g/mol. The number of Topliss-reactive ketones (excluding diaryl/α,β-unsaturated/α-hetero) is 1. The molecule has 1 fully saturated rings. The predicted octanol–water partition coefficient (Wildman–Crippen LogP) is 2.03. The van der Waals surface area contributed by atoms with Gasteiger partial charge in [-0.25, -0.2) is 0 Å². The van der Waals surface area contributed by atoms with E-state index >= 15 is 0 Å². The number of carbonyl (C=O) groups excluding carboxylic acids is 2. The number of benzene rings is 1. The van der Waals surface area contributed by atoms with Crippen LogP contribution in [0, 0.1) is 0 Å². The molecule has 96 valence electrons. The average Bonchev–Trinajstić information content (AvgIpc) is 2.35. The summed E-state index contributed by atoms with van der Waals surface area (Å²) in [6.07, 6.45) is 0. The van der Waals surface area contributed by atoms with Crippen LogP contribution in [0.4, 0.5) is 0 Å². The first-order chi connectivity index (χ1) is 8.58. The van der Waals surface area contributed by atoms with Crippen molar-refractivity contribution in [1.29, 1.82) is 0 Å². The maximum absolute atomic E-state index is 12.1. The molecule has 0 atom stereocenters. The fourth-order valence-corrected chi connectivity index (χ4v) is 2.08. The van der Waals surface area contributed by atoms with Crippen LogP contribution in [0.1, 0.15) is 10.4 Å². The number of hydrogen-bond donors (Lipinski definition) is 0. The Bertz CT molecular complexity index is 490. The number of ketones is 1. The summed E-state index contributed by atoms with van der Waals surface area (Å²) < 4.78 is 4.99. The van der Waals surface area contributed by atoms with Crippen LogP contribution in [0.3, 0.4) is 0 Å². The van der Waals surface area contributed by atoms with Crippen LogP contribution in [0.2, 0.25) is 10.0 Å². The van der Waals surface area contributed by atoms with Crippen molar-refractivity contribution in [2.75, 3.05) is 26.3 Å². The SMILES string of the molecule is O=C(CN1CCOCC1=O)c1cc(Cl)ccc1Cl. The summed E-state index contributed by atoms with van der Waals surface area (Å²) in [5, 5.41) is 0.779. The summed E-state index contributed by atoms with van der Waals surface area (Å²) in [6.45, 7) is 0.893. The van der Waals surface area contributed by atoms with Crippen molar-refractivity contribution in [1.82, 2.24) is 4.90 Å². The van der Waals surface area contributed by atoms with E-state index < -0.39 is 0 Å². The van der Waals surface area contributed by atoms with Gasteiger partial charge in [-0.1, -0.05) is 23.2 Å². The molecule has 4 nitrogen and oxygen atoms in total. The number of carbonyl (C=O) groups is 2. The van der Waals surface area contributed by atoms with Crippen LogP contribution in [-0.2, 0) is 9.53 Å². The van der Waals surface area contributed by atoms with Crippen LogP contribution in [0.15, 0.2) is 18.2 Å². The Morgan fingerprint density at radius 2 is 2.17 bits per heavy atom. The van der Waals surface area contributed by atoms with Crippen molar-refractivity contribution in [3.05, 3.63) is 33.8 Å². The minimum Gasteiger partial charge on any atom is -0.370 e. The fraction of sp³-hybridized carbons (Fsp3) is 0.333. The quantitative estimate of drug-likeness (QED) is 0.800. The van der Waals surface area contributed by atoms with Gasteiger partial charge in [0.15, 0.2) is 5.78 Å². The molecule has 6 heteroatoms. The van der Waals surface area contributed by atoms with Crippen LogP contribution in [0.5, 0.6) is 0 Å². The highest BCUT2D eigenvalue weighted by Gasteiger charge is 2.22. The van der Waals surface area contributed by atoms with Crippen LogP contribution >= 0.6 is 23.2 Å². The summed E-state index contributed by atoms with van der Waals surface area (Å²) >= 11 is 11.8. The molecular formula is C12H11Cl2NO3. The minimum atomic E-state index is -0.224. The molecule has 18 heavy (non-hydrogen) atoms. The molecule has 1 aromatic carbocycles. The van der Waals surface area contributed by atoms with Gasteiger partial charge < -0.3 is 9.64 Å². The van der Waals surface area contributed by atoms with Gasteiger partial charge in [-0.15, -0.1) is 0 Å². The summed E-state index contributed by atoms with van der Waals surface area (Å²) in [7, 11) is 0. The van der Waals surface area contributed by atoms with Crippen molar-refractivity contribution < 1.29 is 14.3 Å². The van der Waals surface area contributed by atoms with E-state index in [1.165, 1.54) is 11.0 Å². The second-order valence-corrected chi connectivity index (χ2v) is 4.76. The highest BCUT2D eigenvalue weighted by atomic mass is 35.5. The predicted molar refractivity (Wildman–Crippen MR) is 68.2 cm³/mol. The second kappa shape index (κ2) is 5.69. The van der Waals surface area contributed by atoms with E-state index in [1.54, 1.807) is 12.1 Å². The number of nitrogens with zero attached hydrogens (tertiary/aromatic N) is 1. The van der Waals surface area contributed by atoms with Gasteiger partial charge in [-0.3, -0.25) is 9.59 Å². The Morgan fingerprint density at radius 3 is 2.89 bits per heavy atom. The monoisotopic (exact) mass is 287 g/mol. The van der Waals surface area contributed by atoms with E-state index in [0.29, 0.717) is 28.8 Å². The molecule has 0 aliphatic carbocycles. The van der Waals surface area contributed by atoms with Crippen molar-refractivity contribution in [2.45, 2.75) is 0 Å². The third-order valence-electron chi connectivity index (χ3n) is 2.65. The fourth-order valence-electron chi connectivity index (χ4n) is 1.69. The van der Waals surface area contributed by atoms with Crippen molar-refractivity contribution >= 4 is 34.9 Å². The first-order valence-electron chi connectivity index (χ1n) is 5.41. The van der Waals surface area contributed by atoms with E-state index in [4.69, 9.17) is 27.9 Å². The zero-order chi connectivity index (χ0) is 13.1. The first kappa shape index (κ1) is 13.3. The van der Waals surface area contributed by atoms with E-state index in [0.717, 1.165) is 0 Å². The van der Waals surface area contributed by atoms with Crippen LogP contribution in [0.25, 0.3) is 0 Å². The molecular weight excluding hydrogens is 277 g/mol. The molecule has 0 spiro atoms. The third-order valence-corrected chi connectivity index (χ3v) is 3.21. The Balaban J connectivity index is 2.11. The Labute approximate surface area is 114 Å². The molecule has 0 radical (unpaired) electrons. The summed E-state index contributed by atoms with van der Waals surface area (Å²) in [5.74, 6) is -0.412. The molecule has 1 heterocycles. The molecule has 0 N–H and O–H groups in total. The van der Waals surface area contributed by atoms with E-state index in [9.17, 15) is 9.59 Å². The zero-order valence-electron chi connectivity index (χ0n) is 9.49. The molecule has 1 aliphatic rings. The lowest BCUT2D eigenvalue weighted by molar-refractivity contribution is -0.141. The van der Waals surface area contributed by atoms with Gasteiger partial charge >= 0.3 is 0 Å². The zero-order valence-corrected chi connectivity index (χ0v) is 11.0. The van der Waals surface area contributed by atoms with E-state index in [-0.39, 0.29) is 24.8 Å². The van der Waals surface area contributed by atoms with Gasteiger partial charge in [0.1, 0.15) is 6.61 Å². The molecule has 2 rings (SSSR count). The van der Waals surface area contributed by atoms with Crippen molar-refractivity contribution in [2.24, 2.45) is 0 Å².